The van der Waals surface area contributed by atoms with Gasteiger partial charge in [0.25, 0.3) is 0 Å². The molecule has 14 heavy (non-hydrogen) atoms. The zero-order valence-electron chi connectivity index (χ0n) is 9.32. The lowest BCUT2D eigenvalue weighted by Crippen LogP contribution is -2.19. The molecule has 0 spiro atoms. The van der Waals surface area contributed by atoms with Gasteiger partial charge in [-0.15, -0.1) is 0 Å². The first-order valence-corrected chi connectivity index (χ1v) is 5.05. The Morgan fingerprint density at radius 3 is 2.14 bits per heavy atom. The molecular formula is C10H22O4. The van der Waals surface area contributed by atoms with Crippen LogP contribution in [0.5, 0.6) is 0 Å². The molecule has 0 aliphatic rings. The molecule has 0 heterocycles. The largest absolute Gasteiger partial charge is 0.464 e. The first kappa shape index (κ1) is 15.8. The maximum atomic E-state index is 10.4. The quantitative estimate of drug-likeness (QED) is 0.661. The number of hydrogen-bond donors (Lipinski definition) is 2. The molecule has 0 fully saturated rings. The number of ether oxygens (including phenoxy) is 1. The lowest BCUT2D eigenvalue weighted by molar-refractivity contribution is -0.152. The summed E-state index contributed by atoms with van der Waals surface area (Å²) in [6, 6.07) is 0. The number of carbonyl (C=O) groups excluding carboxylic acids is 1. The van der Waals surface area contributed by atoms with Crippen LogP contribution in [0.3, 0.4) is 0 Å². The van der Waals surface area contributed by atoms with E-state index < -0.39 is 12.1 Å². The van der Waals surface area contributed by atoms with Gasteiger partial charge in [0.15, 0.2) is 0 Å². The summed E-state index contributed by atoms with van der Waals surface area (Å²) < 4.78 is 4.56. The smallest absolute Gasteiger partial charge is 0.334 e. The van der Waals surface area contributed by atoms with Crippen LogP contribution in [0.15, 0.2) is 0 Å². The van der Waals surface area contributed by atoms with Gasteiger partial charge in [0.2, 0.25) is 0 Å². The third-order valence-corrected chi connectivity index (χ3v) is 1.30. The third kappa shape index (κ3) is 13.9. The minimum atomic E-state index is -0.989. The molecule has 0 aliphatic carbocycles. The van der Waals surface area contributed by atoms with Crippen LogP contribution in [0.1, 0.15) is 40.0 Å². The van der Waals surface area contributed by atoms with Crippen LogP contribution >= 0.6 is 0 Å². The Bertz CT molecular complexity index is 121. The second-order valence-corrected chi connectivity index (χ2v) is 2.92. The van der Waals surface area contributed by atoms with Crippen molar-refractivity contribution in [2.45, 2.75) is 46.1 Å². The molecule has 0 aromatic heterocycles. The average Bonchev–Trinajstić information content (AvgIpc) is 2.16. The highest BCUT2D eigenvalue weighted by molar-refractivity contribution is 5.73. The highest BCUT2D eigenvalue weighted by atomic mass is 16.5. The summed E-state index contributed by atoms with van der Waals surface area (Å²) in [5.74, 6) is -0.545. The topological polar surface area (TPSA) is 66.8 Å². The monoisotopic (exact) mass is 206 g/mol. The second-order valence-electron chi connectivity index (χ2n) is 2.92. The van der Waals surface area contributed by atoms with Crippen LogP contribution in [0, 0.1) is 0 Å². The van der Waals surface area contributed by atoms with Crippen molar-refractivity contribution in [2.75, 3.05) is 13.2 Å². The summed E-state index contributed by atoms with van der Waals surface area (Å²) in [4.78, 5) is 10.4. The summed E-state index contributed by atoms with van der Waals surface area (Å²) in [5.41, 5.74) is 0. The molecule has 2 N–H and O–H groups in total. The molecule has 4 heteroatoms. The van der Waals surface area contributed by atoms with Crippen molar-refractivity contribution in [3.63, 3.8) is 0 Å². The van der Waals surface area contributed by atoms with Gasteiger partial charge in [-0.2, -0.15) is 0 Å². The lowest BCUT2D eigenvalue weighted by atomic mass is 10.4. The number of aliphatic hydroxyl groups excluding tert-OH is 2. The summed E-state index contributed by atoms with van der Waals surface area (Å²) in [5, 5.41) is 16.6. The molecule has 4 nitrogen and oxygen atoms in total. The van der Waals surface area contributed by atoms with Crippen LogP contribution in [0.25, 0.3) is 0 Å². The number of aliphatic hydroxyl groups is 2. The SMILES string of the molecule is CCCCO.CCCOC(=O)C(C)O. The van der Waals surface area contributed by atoms with Crippen LogP contribution in [0.2, 0.25) is 0 Å². The zero-order chi connectivity index (χ0) is 11.4. The first-order chi connectivity index (χ1) is 6.59. The van der Waals surface area contributed by atoms with Gasteiger partial charge in [0.1, 0.15) is 6.10 Å². The van der Waals surface area contributed by atoms with Crippen LogP contribution in [0.4, 0.5) is 0 Å². The van der Waals surface area contributed by atoms with E-state index in [9.17, 15) is 4.79 Å². The maximum absolute atomic E-state index is 10.4. The van der Waals surface area contributed by atoms with Gasteiger partial charge in [-0.1, -0.05) is 20.3 Å². The van der Waals surface area contributed by atoms with Crippen LogP contribution in [-0.2, 0) is 9.53 Å². The molecule has 0 aromatic rings. The fourth-order valence-electron chi connectivity index (χ4n) is 0.481. The van der Waals surface area contributed by atoms with E-state index >= 15 is 0 Å². The molecule has 0 saturated carbocycles. The predicted molar refractivity (Wildman–Crippen MR) is 54.9 cm³/mol. The fourth-order valence-corrected chi connectivity index (χ4v) is 0.481. The molecule has 0 radical (unpaired) electrons. The van der Waals surface area contributed by atoms with E-state index in [0.717, 1.165) is 19.3 Å². The second kappa shape index (κ2) is 12.4. The van der Waals surface area contributed by atoms with Crippen molar-refractivity contribution in [3.8, 4) is 0 Å². The molecule has 1 unspecified atom stereocenters. The van der Waals surface area contributed by atoms with E-state index in [2.05, 4.69) is 11.7 Å². The molecular weight excluding hydrogens is 184 g/mol. The lowest BCUT2D eigenvalue weighted by Gasteiger charge is -2.03. The maximum Gasteiger partial charge on any atom is 0.334 e. The van der Waals surface area contributed by atoms with Gasteiger partial charge in [-0.3, -0.25) is 0 Å². The van der Waals surface area contributed by atoms with Crippen molar-refractivity contribution in [2.24, 2.45) is 0 Å². The Labute approximate surface area is 85.9 Å². The van der Waals surface area contributed by atoms with Crippen molar-refractivity contribution >= 4 is 5.97 Å². The van der Waals surface area contributed by atoms with Crippen LogP contribution in [-0.4, -0.2) is 35.5 Å². The van der Waals surface area contributed by atoms with E-state index in [4.69, 9.17) is 10.2 Å². The van der Waals surface area contributed by atoms with Gasteiger partial charge < -0.3 is 14.9 Å². The standard InChI is InChI=1S/C6H12O3.C4H10O/c1-3-4-9-6(8)5(2)7;1-2-3-4-5/h5,7H,3-4H2,1-2H3;5H,2-4H2,1H3. The van der Waals surface area contributed by atoms with Gasteiger partial charge >= 0.3 is 5.97 Å². The van der Waals surface area contributed by atoms with Gasteiger partial charge in [0, 0.05) is 6.61 Å². The predicted octanol–water partition coefficient (Wildman–Crippen LogP) is 1.10. The minimum Gasteiger partial charge on any atom is -0.464 e. The summed E-state index contributed by atoms with van der Waals surface area (Å²) >= 11 is 0. The normalized spacial score (nSPS) is 11.2. The van der Waals surface area contributed by atoms with Crippen molar-refractivity contribution in [1.29, 1.82) is 0 Å². The van der Waals surface area contributed by atoms with E-state index in [0.29, 0.717) is 13.2 Å². The molecule has 86 valence electrons. The van der Waals surface area contributed by atoms with Crippen molar-refractivity contribution in [1.82, 2.24) is 0 Å². The molecule has 0 bridgehead atoms. The Morgan fingerprint density at radius 2 is 1.93 bits per heavy atom. The minimum absolute atomic E-state index is 0.344. The summed E-state index contributed by atoms with van der Waals surface area (Å²) in [7, 11) is 0. The number of esters is 1. The number of unbranched alkanes of at least 4 members (excludes halogenated alkanes) is 1. The molecule has 0 aliphatic heterocycles. The summed E-state index contributed by atoms with van der Waals surface area (Å²) in [6.45, 7) is 6.07. The number of hydrogen-bond acceptors (Lipinski definition) is 4. The van der Waals surface area contributed by atoms with Crippen molar-refractivity contribution < 1.29 is 19.7 Å². The Balaban J connectivity index is 0. The van der Waals surface area contributed by atoms with Gasteiger partial charge in [-0.05, 0) is 19.8 Å². The van der Waals surface area contributed by atoms with Crippen LogP contribution < -0.4 is 0 Å². The molecule has 0 aromatic carbocycles. The Hall–Kier alpha value is -0.610. The van der Waals surface area contributed by atoms with E-state index in [1.54, 1.807) is 0 Å². The molecule has 0 rings (SSSR count). The molecule has 0 amide bonds. The van der Waals surface area contributed by atoms with Crippen molar-refractivity contribution in [3.05, 3.63) is 0 Å². The average molecular weight is 206 g/mol. The van der Waals surface area contributed by atoms with Gasteiger partial charge in [0.05, 0.1) is 6.61 Å². The van der Waals surface area contributed by atoms with E-state index in [1.165, 1.54) is 6.92 Å². The number of rotatable bonds is 5. The fraction of sp³-hybridized carbons (Fsp3) is 0.900. The Kier molecular flexibility index (Phi) is 14.0. The molecule has 1 atom stereocenters. The highest BCUT2D eigenvalue weighted by Crippen LogP contribution is 1.87. The van der Waals surface area contributed by atoms with E-state index in [-0.39, 0.29) is 0 Å². The van der Waals surface area contributed by atoms with E-state index in [1.807, 2.05) is 6.92 Å². The summed E-state index contributed by atoms with van der Waals surface area (Å²) in [6.07, 6.45) is 1.84. The molecule has 0 saturated heterocycles. The first-order valence-electron chi connectivity index (χ1n) is 5.05. The number of carbonyl (C=O) groups is 1. The zero-order valence-corrected chi connectivity index (χ0v) is 9.32. The third-order valence-electron chi connectivity index (χ3n) is 1.30. The Morgan fingerprint density at radius 1 is 1.36 bits per heavy atom. The highest BCUT2D eigenvalue weighted by Gasteiger charge is 2.07. The van der Waals surface area contributed by atoms with Gasteiger partial charge in [-0.25, -0.2) is 4.79 Å².